The maximum Gasteiger partial charge on any atom is 0.351 e. The van der Waals surface area contributed by atoms with Gasteiger partial charge >= 0.3 is 11.4 Å². The van der Waals surface area contributed by atoms with Gasteiger partial charge in [0.05, 0.1) is 13.2 Å². The Morgan fingerprint density at radius 3 is 1.79 bits per heavy atom. The van der Waals surface area contributed by atoms with Crippen molar-refractivity contribution in [3.63, 3.8) is 0 Å². The van der Waals surface area contributed by atoms with Crippen LogP contribution in [-0.4, -0.2) is 99.6 Å². The lowest BCUT2D eigenvalue weighted by molar-refractivity contribution is -0.0549. The molecule has 15 nitrogen and oxygen atoms in total. The van der Waals surface area contributed by atoms with Crippen molar-refractivity contribution in [2.45, 2.75) is 49.1 Å². The Morgan fingerprint density at radius 2 is 1.36 bits per heavy atom. The van der Waals surface area contributed by atoms with Crippen molar-refractivity contribution in [1.82, 2.24) is 19.1 Å². The summed E-state index contributed by atoms with van der Waals surface area (Å²) >= 11 is 0. The highest BCUT2D eigenvalue weighted by atomic mass is 16.6. The molecule has 0 aromatic carbocycles. The largest absolute Gasteiger partial charge is 0.394 e. The number of aliphatic hydroxyl groups excluding tert-OH is 6. The van der Waals surface area contributed by atoms with Crippen LogP contribution in [0.3, 0.4) is 0 Å². The molecule has 0 saturated carbocycles. The fraction of sp³-hybridized carbons (Fsp3) is 0.556. The van der Waals surface area contributed by atoms with Crippen molar-refractivity contribution >= 4 is 5.82 Å². The summed E-state index contributed by atoms with van der Waals surface area (Å²) < 4.78 is 12.4. The van der Waals surface area contributed by atoms with Crippen LogP contribution in [-0.2, 0) is 9.47 Å². The summed E-state index contributed by atoms with van der Waals surface area (Å²) in [5.41, 5.74) is 4.04. The van der Waals surface area contributed by atoms with Crippen LogP contribution in [0.2, 0.25) is 0 Å². The zero-order chi connectivity index (χ0) is 24.3. The van der Waals surface area contributed by atoms with Crippen LogP contribution in [0, 0.1) is 0 Å². The third-order valence-corrected chi connectivity index (χ3v) is 5.17. The Balaban J connectivity index is 0.000000186. The number of hydrogen-bond acceptors (Lipinski definition) is 13. The normalized spacial score (nSPS) is 33.5. The van der Waals surface area contributed by atoms with Gasteiger partial charge in [0, 0.05) is 18.6 Å². The monoisotopic (exact) mass is 471 g/mol. The van der Waals surface area contributed by atoms with Crippen molar-refractivity contribution in [2.75, 3.05) is 18.9 Å². The third kappa shape index (κ3) is 5.10. The van der Waals surface area contributed by atoms with Crippen LogP contribution in [0.4, 0.5) is 5.82 Å². The van der Waals surface area contributed by atoms with Crippen LogP contribution >= 0.6 is 0 Å². The lowest BCUT2D eigenvalue weighted by Gasteiger charge is -2.16. The van der Waals surface area contributed by atoms with Crippen molar-refractivity contribution < 1.29 is 40.1 Å². The second kappa shape index (κ2) is 10.4. The first-order valence-electron chi connectivity index (χ1n) is 9.82. The number of anilines is 1. The first kappa shape index (κ1) is 24.9. The predicted octanol–water partition coefficient (Wildman–Crippen LogP) is -4.71. The molecular weight excluding hydrogens is 446 g/mol. The Kier molecular flexibility index (Phi) is 7.88. The number of nitrogen functional groups attached to an aromatic ring is 1. The van der Waals surface area contributed by atoms with E-state index in [1.165, 1.54) is 30.7 Å². The molecule has 2 fully saturated rings. The summed E-state index contributed by atoms with van der Waals surface area (Å²) in [5, 5.41) is 56.2. The number of rotatable bonds is 4. The van der Waals surface area contributed by atoms with Gasteiger partial charge in [-0.15, -0.1) is 0 Å². The lowest BCUT2D eigenvalue weighted by Crippen LogP contribution is -2.36. The summed E-state index contributed by atoms with van der Waals surface area (Å²) in [4.78, 5) is 29.9. The van der Waals surface area contributed by atoms with E-state index in [4.69, 9.17) is 25.4 Å². The highest BCUT2D eigenvalue weighted by Crippen LogP contribution is 2.28. The van der Waals surface area contributed by atoms with E-state index >= 15 is 0 Å². The van der Waals surface area contributed by atoms with E-state index in [2.05, 4.69) is 9.97 Å². The van der Waals surface area contributed by atoms with Gasteiger partial charge in [-0.05, 0) is 12.1 Å². The maximum absolute atomic E-state index is 11.5. The average molecular weight is 471 g/mol. The number of aliphatic hydroxyl groups is 6. The fourth-order valence-electron chi connectivity index (χ4n) is 3.40. The molecule has 0 amide bonds. The summed E-state index contributed by atoms with van der Waals surface area (Å²) in [6, 6.07) is 2.88. The maximum atomic E-state index is 11.5. The number of hydrogen-bond donors (Lipinski definition) is 7. The van der Waals surface area contributed by atoms with Crippen LogP contribution in [0.25, 0.3) is 0 Å². The minimum Gasteiger partial charge on any atom is -0.394 e. The molecule has 0 spiro atoms. The predicted molar refractivity (Wildman–Crippen MR) is 107 cm³/mol. The van der Waals surface area contributed by atoms with Gasteiger partial charge < -0.3 is 45.8 Å². The molecule has 2 aromatic rings. The van der Waals surface area contributed by atoms with Crippen LogP contribution in [0.1, 0.15) is 12.5 Å². The topological polar surface area (TPSA) is 236 Å². The van der Waals surface area contributed by atoms with Gasteiger partial charge in [-0.2, -0.15) is 4.98 Å². The molecule has 2 aromatic heterocycles. The van der Waals surface area contributed by atoms with Crippen LogP contribution in [0.15, 0.2) is 40.3 Å². The van der Waals surface area contributed by atoms with E-state index in [1.807, 2.05) is 0 Å². The molecule has 4 rings (SSSR count). The smallest absolute Gasteiger partial charge is 0.351 e. The molecule has 182 valence electrons. The molecule has 33 heavy (non-hydrogen) atoms. The molecule has 2 aliphatic rings. The third-order valence-electron chi connectivity index (χ3n) is 5.17. The molecule has 2 aliphatic heterocycles. The van der Waals surface area contributed by atoms with Gasteiger partial charge in [0.2, 0.25) is 0 Å². The summed E-state index contributed by atoms with van der Waals surface area (Å²) in [5.74, 6) is 0.0537. The summed E-state index contributed by atoms with van der Waals surface area (Å²) in [6.07, 6.45) is -4.95. The van der Waals surface area contributed by atoms with Gasteiger partial charge in [0.1, 0.15) is 42.4 Å². The minimum absolute atomic E-state index is 0.0537. The van der Waals surface area contributed by atoms with Crippen molar-refractivity contribution in [1.29, 1.82) is 0 Å². The van der Waals surface area contributed by atoms with Crippen LogP contribution in [0.5, 0.6) is 0 Å². The molecule has 15 heteroatoms. The summed E-state index contributed by atoms with van der Waals surface area (Å²) in [7, 11) is 0. The van der Waals surface area contributed by atoms with Gasteiger partial charge in [-0.3, -0.25) is 9.13 Å². The Hall–Kier alpha value is -2.76. The Labute approximate surface area is 185 Å². The van der Waals surface area contributed by atoms with Gasteiger partial charge in [-0.25, -0.2) is 14.6 Å². The summed E-state index contributed by atoms with van der Waals surface area (Å²) in [6.45, 7) is -0.879. The van der Waals surface area contributed by atoms with E-state index in [0.717, 1.165) is 9.13 Å². The molecule has 8 N–H and O–H groups in total. The molecule has 0 radical (unpaired) electrons. The SMILES string of the molecule is Nc1ccn([C@@H]2O[C@H](CO)[C@@H](O)[C@H]2O)c(=O)n1.O=c1ncccn1[C@@H]1O[C@H](CO)[C@@H](O)[C@H]1O. The first-order chi connectivity index (χ1) is 15.7. The van der Waals surface area contributed by atoms with Crippen molar-refractivity contribution in [3.8, 4) is 0 Å². The second-order valence-corrected chi connectivity index (χ2v) is 7.31. The molecule has 0 unspecified atom stereocenters. The van der Waals surface area contributed by atoms with E-state index in [1.54, 1.807) is 0 Å². The number of nitrogens with two attached hydrogens (primary N) is 1. The number of ether oxygens (including phenoxy) is 2. The minimum atomic E-state index is -1.31. The molecule has 0 bridgehead atoms. The molecular formula is C18H25N5O10. The first-order valence-corrected chi connectivity index (χ1v) is 9.82. The molecule has 8 atom stereocenters. The van der Waals surface area contributed by atoms with Gasteiger partial charge in [0.15, 0.2) is 12.5 Å². The second-order valence-electron chi connectivity index (χ2n) is 7.31. The fourth-order valence-corrected chi connectivity index (χ4v) is 3.40. The van der Waals surface area contributed by atoms with E-state index in [0.29, 0.717) is 0 Å². The van der Waals surface area contributed by atoms with Gasteiger partial charge in [-0.1, -0.05) is 0 Å². The van der Waals surface area contributed by atoms with Crippen molar-refractivity contribution in [2.24, 2.45) is 0 Å². The Bertz CT molecular complexity index is 1050. The molecule has 2 saturated heterocycles. The van der Waals surface area contributed by atoms with E-state index < -0.39 is 73.7 Å². The zero-order valence-corrected chi connectivity index (χ0v) is 17.1. The quantitative estimate of drug-likeness (QED) is 0.222. The van der Waals surface area contributed by atoms with E-state index in [-0.39, 0.29) is 5.82 Å². The lowest BCUT2D eigenvalue weighted by atomic mass is 10.1. The molecule has 4 heterocycles. The highest BCUT2D eigenvalue weighted by molar-refractivity contribution is 5.23. The van der Waals surface area contributed by atoms with E-state index in [9.17, 15) is 30.0 Å². The average Bonchev–Trinajstić information content (AvgIpc) is 3.24. The van der Waals surface area contributed by atoms with Crippen molar-refractivity contribution in [3.05, 3.63) is 51.7 Å². The number of aromatic nitrogens is 4. The zero-order valence-electron chi connectivity index (χ0n) is 17.1. The highest BCUT2D eigenvalue weighted by Gasteiger charge is 2.44. The van der Waals surface area contributed by atoms with Gasteiger partial charge in [0.25, 0.3) is 0 Å². The number of nitrogens with zero attached hydrogens (tertiary/aromatic N) is 4. The van der Waals surface area contributed by atoms with Crippen LogP contribution < -0.4 is 17.1 Å². The molecule has 0 aliphatic carbocycles. The standard InChI is InChI=1S/C9H13N3O5.C9H12N2O5/c10-5-1-2-12(9(16)11-5)8-7(15)6(14)4(3-13)17-8;12-4-5-6(13)7(14)8(16-5)11-3-1-2-10-9(11)15/h1-2,4,6-8,13-15H,3H2,(H2,10,11,16);1-3,5-8,12-14H,4H2/t4-,6-,7-,8-;5-,6-,7-,8-/m11/s1. The Morgan fingerprint density at radius 1 is 0.848 bits per heavy atom.